The second-order valence-corrected chi connectivity index (χ2v) is 6.00. The van der Waals surface area contributed by atoms with Crippen LogP contribution in [0.15, 0.2) is 65.4 Å². The fraction of sp³-hybridized carbons (Fsp3) is 0.0500. The van der Waals surface area contributed by atoms with Crippen molar-refractivity contribution in [2.45, 2.75) is 0 Å². The molecular weight excluding hydrogens is 366 g/mol. The van der Waals surface area contributed by atoms with Gasteiger partial charge in [0.1, 0.15) is 28.7 Å². The van der Waals surface area contributed by atoms with E-state index in [4.69, 9.17) is 4.42 Å². The molecule has 0 bridgehead atoms. The summed E-state index contributed by atoms with van der Waals surface area (Å²) in [6.07, 6.45) is 3.11. The number of nitrogens with zero attached hydrogens (tertiary/aromatic N) is 3. The largest absolute Gasteiger partial charge is 0.463 e. The van der Waals surface area contributed by atoms with Crippen LogP contribution in [0.1, 0.15) is 10.4 Å². The van der Waals surface area contributed by atoms with Gasteiger partial charge in [-0.05, 0) is 42.5 Å². The molecule has 0 aliphatic heterocycles. The number of furan rings is 1. The summed E-state index contributed by atoms with van der Waals surface area (Å²) in [6, 6.07) is 11.9. The standard InChI is InChI=1S/C20H14F2N4O2/c1-26-16(10-15(25-26)17-6-3-9-28-17)12-7-8-18(23-11-12)24-20(27)19-13(21)4-2-5-14(19)22/h2-11H,1H3,(H,23,24,27). The number of hydrogen-bond acceptors (Lipinski definition) is 4. The average Bonchev–Trinajstić information content (AvgIpc) is 3.32. The summed E-state index contributed by atoms with van der Waals surface area (Å²) >= 11 is 0. The molecule has 1 amide bonds. The van der Waals surface area contributed by atoms with Gasteiger partial charge < -0.3 is 9.73 Å². The third-order valence-electron chi connectivity index (χ3n) is 4.14. The highest BCUT2D eigenvalue weighted by Crippen LogP contribution is 2.26. The van der Waals surface area contributed by atoms with Crippen LogP contribution in [0.2, 0.25) is 0 Å². The van der Waals surface area contributed by atoms with Crippen LogP contribution in [-0.2, 0) is 7.05 Å². The number of halogens is 2. The van der Waals surface area contributed by atoms with Crippen molar-refractivity contribution in [3.63, 3.8) is 0 Å². The Balaban J connectivity index is 1.56. The predicted molar refractivity (Wildman–Crippen MR) is 98.5 cm³/mol. The maximum absolute atomic E-state index is 13.7. The first-order valence-corrected chi connectivity index (χ1v) is 8.32. The number of carbonyl (C=O) groups is 1. The van der Waals surface area contributed by atoms with Crippen molar-refractivity contribution in [2.75, 3.05) is 5.32 Å². The number of rotatable bonds is 4. The summed E-state index contributed by atoms with van der Waals surface area (Å²) in [7, 11) is 1.79. The van der Waals surface area contributed by atoms with Crippen LogP contribution >= 0.6 is 0 Å². The number of aryl methyl sites for hydroxylation is 1. The third-order valence-corrected chi connectivity index (χ3v) is 4.14. The van der Waals surface area contributed by atoms with Crippen molar-refractivity contribution in [3.8, 4) is 22.7 Å². The lowest BCUT2D eigenvalue weighted by Gasteiger charge is -2.07. The molecule has 3 aromatic heterocycles. The van der Waals surface area contributed by atoms with E-state index in [1.165, 1.54) is 12.3 Å². The van der Waals surface area contributed by atoms with Crippen LogP contribution in [0.4, 0.5) is 14.6 Å². The van der Waals surface area contributed by atoms with E-state index >= 15 is 0 Å². The first kappa shape index (κ1) is 17.6. The van der Waals surface area contributed by atoms with Crippen LogP contribution in [0.5, 0.6) is 0 Å². The molecule has 0 saturated heterocycles. The number of aromatic nitrogens is 3. The monoisotopic (exact) mass is 380 g/mol. The molecule has 8 heteroatoms. The molecule has 1 N–H and O–H groups in total. The van der Waals surface area contributed by atoms with E-state index in [-0.39, 0.29) is 5.82 Å². The van der Waals surface area contributed by atoms with E-state index in [9.17, 15) is 13.6 Å². The molecule has 4 aromatic rings. The number of pyridine rings is 1. The van der Waals surface area contributed by atoms with Gasteiger partial charge in [-0.3, -0.25) is 9.48 Å². The van der Waals surface area contributed by atoms with Gasteiger partial charge in [0.05, 0.1) is 12.0 Å². The second kappa shape index (κ2) is 7.07. The Morgan fingerprint density at radius 2 is 1.89 bits per heavy atom. The van der Waals surface area contributed by atoms with E-state index in [2.05, 4.69) is 15.4 Å². The Hall–Kier alpha value is -3.81. The summed E-state index contributed by atoms with van der Waals surface area (Å²) in [5.74, 6) is -1.96. The third kappa shape index (κ3) is 3.27. The molecule has 0 aliphatic carbocycles. The fourth-order valence-corrected chi connectivity index (χ4v) is 2.80. The van der Waals surface area contributed by atoms with E-state index in [1.807, 2.05) is 12.1 Å². The normalized spacial score (nSPS) is 10.8. The molecule has 0 aliphatic rings. The van der Waals surface area contributed by atoms with Crippen molar-refractivity contribution in [2.24, 2.45) is 7.05 Å². The fourth-order valence-electron chi connectivity index (χ4n) is 2.80. The lowest BCUT2D eigenvalue weighted by atomic mass is 10.1. The summed E-state index contributed by atoms with van der Waals surface area (Å²) in [4.78, 5) is 16.3. The molecule has 4 rings (SSSR count). The smallest absolute Gasteiger partial charge is 0.262 e. The highest BCUT2D eigenvalue weighted by Gasteiger charge is 2.18. The molecule has 140 valence electrons. The predicted octanol–water partition coefficient (Wildman–Crippen LogP) is 4.27. The number of anilines is 1. The van der Waals surface area contributed by atoms with Crippen molar-refractivity contribution >= 4 is 11.7 Å². The van der Waals surface area contributed by atoms with Crippen molar-refractivity contribution in [1.82, 2.24) is 14.8 Å². The SMILES string of the molecule is Cn1nc(-c2ccco2)cc1-c1ccc(NC(=O)c2c(F)cccc2F)nc1. The number of benzene rings is 1. The topological polar surface area (TPSA) is 73.0 Å². The molecule has 0 saturated carbocycles. The lowest BCUT2D eigenvalue weighted by Crippen LogP contribution is -2.16. The molecule has 1 aromatic carbocycles. The minimum atomic E-state index is -0.936. The number of amides is 1. The molecular formula is C20H14F2N4O2. The Labute approximate surface area is 158 Å². The highest BCUT2D eigenvalue weighted by atomic mass is 19.1. The highest BCUT2D eigenvalue weighted by molar-refractivity contribution is 6.04. The molecule has 0 radical (unpaired) electrons. The summed E-state index contributed by atoms with van der Waals surface area (Å²) in [6.45, 7) is 0. The molecule has 3 heterocycles. The minimum Gasteiger partial charge on any atom is -0.463 e. The van der Waals surface area contributed by atoms with Crippen molar-refractivity contribution in [3.05, 3.63) is 78.2 Å². The van der Waals surface area contributed by atoms with E-state index in [0.29, 0.717) is 11.5 Å². The minimum absolute atomic E-state index is 0.171. The van der Waals surface area contributed by atoms with Gasteiger partial charge in [0, 0.05) is 18.8 Å². The Morgan fingerprint density at radius 3 is 2.54 bits per heavy atom. The van der Waals surface area contributed by atoms with Gasteiger partial charge in [-0.1, -0.05) is 6.07 Å². The van der Waals surface area contributed by atoms with Crippen LogP contribution in [0.3, 0.4) is 0 Å². The second-order valence-electron chi connectivity index (χ2n) is 6.00. The molecule has 28 heavy (non-hydrogen) atoms. The van der Waals surface area contributed by atoms with Crippen molar-refractivity contribution < 1.29 is 18.0 Å². The number of carbonyl (C=O) groups excluding carboxylic acids is 1. The van der Waals surface area contributed by atoms with Gasteiger partial charge in [0.25, 0.3) is 5.91 Å². The van der Waals surface area contributed by atoms with Crippen LogP contribution in [-0.4, -0.2) is 20.7 Å². The zero-order valence-corrected chi connectivity index (χ0v) is 14.7. The number of nitrogens with one attached hydrogen (secondary N) is 1. The zero-order valence-electron chi connectivity index (χ0n) is 14.7. The van der Waals surface area contributed by atoms with Gasteiger partial charge in [-0.2, -0.15) is 5.10 Å². The summed E-state index contributed by atoms with van der Waals surface area (Å²) in [5.41, 5.74) is 1.57. The Kier molecular flexibility index (Phi) is 4.44. The molecule has 6 nitrogen and oxygen atoms in total. The van der Waals surface area contributed by atoms with E-state index in [0.717, 1.165) is 23.4 Å². The molecule has 0 fully saturated rings. The van der Waals surface area contributed by atoms with Gasteiger partial charge in [-0.25, -0.2) is 13.8 Å². The first-order valence-electron chi connectivity index (χ1n) is 8.32. The van der Waals surface area contributed by atoms with Gasteiger partial charge in [0.15, 0.2) is 5.76 Å². The first-order chi connectivity index (χ1) is 13.5. The van der Waals surface area contributed by atoms with Gasteiger partial charge in [-0.15, -0.1) is 0 Å². The van der Waals surface area contributed by atoms with Crippen LogP contribution in [0.25, 0.3) is 22.7 Å². The van der Waals surface area contributed by atoms with Crippen LogP contribution in [0, 0.1) is 11.6 Å². The van der Waals surface area contributed by atoms with E-state index in [1.54, 1.807) is 36.2 Å². The molecule has 0 atom stereocenters. The average molecular weight is 380 g/mol. The summed E-state index contributed by atoms with van der Waals surface area (Å²) in [5, 5.41) is 6.79. The maximum Gasteiger partial charge on any atom is 0.262 e. The Bertz CT molecular complexity index is 1120. The molecule has 0 unspecified atom stereocenters. The molecule has 0 spiro atoms. The quantitative estimate of drug-likeness (QED) is 0.574. The lowest BCUT2D eigenvalue weighted by molar-refractivity contribution is 0.101. The van der Waals surface area contributed by atoms with E-state index < -0.39 is 23.1 Å². The van der Waals surface area contributed by atoms with Gasteiger partial charge in [0.2, 0.25) is 0 Å². The summed E-state index contributed by atoms with van der Waals surface area (Å²) < 4.78 is 34.5. The zero-order chi connectivity index (χ0) is 19.7. The number of hydrogen-bond donors (Lipinski definition) is 1. The van der Waals surface area contributed by atoms with Gasteiger partial charge >= 0.3 is 0 Å². The van der Waals surface area contributed by atoms with Crippen LogP contribution < -0.4 is 5.32 Å². The maximum atomic E-state index is 13.7. The van der Waals surface area contributed by atoms with Crippen molar-refractivity contribution in [1.29, 1.82) is 0 Å². The Morgan fingerprint density at radius 1 is 1.11 bits per heavy atom.